The smallest absolute Gasteiger partial charge is 0.242 e. The van der Waals surface area contributed by atoms with Gasteiger partial charge in [-0.25, -0.2) is 25.6 Å². The van der Waals surface area contributed by atoms with Gasteiger partial charge in [0.2, 0.25) is 16.3 Å². The van der Waals surface area contributed by atoms with Gasteiger partial charge in [-0.05, 0) is 30.0 Å². The van der Waals surface area contributed by atoms with Crippen LogP contribution in [0.25, 0.3) is 5.57 Å². The highest BCUT2D eigenvalue weighted by molar-refractivity contribution is 7.95. The quantitative estimate of drug-likeness (QED) is 0.872. The molecular formula is C15H17F2NO4S2. The zero-order valence-electron chi connectivity index (χ0n) is 12.7. The molecule has 132 valence electrons. The van der Waals surface area contributed by atoms with Gasteiger partial charge in [-0.2, -0.15) is 0 Å². The molecule has 1 aromatic carbocycles. The zero-order valence-corrected chi connectivity index (χ0v) is 14.3. The minimum Gasteiger partial charge on any atom is -0.381 e. The Morgan fingerprint density at radius 2 is 1.79 bits per heavy atom. The van der Waals surface area contributed by atoms with Crippen LogP contribution in [0.5, 0.6) is 0 Å². The summed E-state index contributed by atoms with van der Waals surface area (Å²) >= 11 is 0. The molecule has 0 bridgehead atoms. The molecule has 2 heterocycles. The Morgan fingerprint density at radius 1 is 1.12 bits per heavy atom. The van der Waals surface area contributed by atoms with Crippen molar-refractivity contribution < 1.29 is 25.6 Å². The number of rotatable bonds is 4. The lowest BCUT2D eigenvalue weighted by molar-refractivity contribution is 0.155. The number of benzene rings is 1. The molecule has 5 nitrogen and oxygen atoms in total. The monoisotopic (exact) mass is 377 g/mol. The van der Waals surface area contributed by atoms with Crippen molar-refractivity contribution in [1.82, 2.24) is 0 Å². The number of allylic oxidation sites excluding steroid dienone is 1. The van der Waals surface area contributed by atoms with E-state index in [4.69, 9.17) is 0 Å². The summed E-state index contributed by atoms with van der Waals surface area (Å²) in [5.41, 5.74) is 0.746. The molecule has 24 heavy (non-hydrogen) atoms. The van der Waals surface area contributed by atoms with Gasteiger partial charge in [0.25, 0.3) is 0 Å². The van der Waals surface area contributed by atoms with Crippen molar-refractivity contribution >= 4 is 30.9 Å². The lowest BCUT2D eigenvalue weighted by Crippen LogP contribution is -2.32. The molecule has 9 heteroatoms. The Morgan fingerprint density at radius 3 is 2.42 bits per heavy atom. The van der Waals surface area contributed by atoms with Gasteiger partial charge in [-0.1, -0.05) is 12.1 Å². The van der Waals surface area contributed by atoms with Gasteiger partial charge in [0.05, 0.1) is 17.2 Å². The average molecular weight is 377 g/mol. The van der Waals surface area contributed by atoms with Crippen molar-refractivity contribution in [2.45, 2.75) is 36.6 Å². The number of halogens is 2. The van der Waals surface area contributed by atoms with Gasteiger partial charge < -0.3 is 5.32 Å². The van der Waals surface area contributed by atoms with Gasteiger partial charge in [-0.15, -0.1) is 0 Å². The predicted molar refractivity (Wildman–Crippen MR) is 87.5 cm³/mol. The van der Waals surface area contributed by atoms with E-state index in [2.05, 4.69) is 5.32 Å². The van der Waals surface area contributed by atoms with Crippen molar-refractivity contribution in [3.63, 3.8) is 0 Å². The molecular weight excluding hydrogens is 360 g/mol. The Labute approximate surface area is 139 Å². The maximum Gasteiger partial charge on any atom is 0.242 e. The molecule has 3 rings (SSSR count). The van der Waals surface area contributed by atoms with Gasteiger partial charge in [-0.3, -0.25) is 0 Å². The van der Waals surface area contributed by atoms with Crippen molar-refractivity contribution in [3.05, 3.63) is 29.2 Å². The molecule has 0 unspecified atom stereocenters. The standard InChI is InChI=1S/C15H17F2NO4S2/c16-14(17)8-10-9-24(21,22)15-12(10)2-1-3-13(15)18-11-4-6-23(19,20)7-5-11/h1-3,9,11,14,18H,4-8H2. The Balaban J connectivity index is 1.89. The Hall–Kier alpha value is -1.48. The average Bonchev–Trinajstić information content (AvgIpc) is 2.73. The van der Waals surface area contributed by atoms with E-state index in [0.29, 0.717) is 24.1 Å². The van der Waals surface area contributed by atoms with Crippen molar-refractivity contribution in [2.24, 2.45) is 0 Å². The number of sulfone groups is 2. The van der Waals surface area contributed by atoms with Crippen LogP contribution in [0.15, 0.2) is 28.5 Å². The molecule has 0 spiro atoms. The zero-order chi connectivity index (χ0) is 17.5. The minimum absolute atomic E-state index is 0.00841. The third-order valence-corrected chi connectivity index (χ3v) is 7.55. The van der Waals surface area contributed by atoms with Gasteiger partial charge in [0, 0.05) is 17.9 Å². The van der Waals surface area contributed by atoms with Crippen molar-refractivity contribution in [3.8, 4) is 0 Å². The Kier molecular flexibility index (Phi) is 4.41. The lowest BCUT2D eigenvalue weighted by Gasteiger charge is -2.25. The maximum absolute atomic E-state index is 12.7. The van der Waals surface area contributed by atoms with Crippen LogP contribution < -0.4 is 5.32 Å². The van der Waals surface area contributed by atoms with Crippen LogP contribution >= 0.6 is 0 Å². The molecule has 1 N–H and O–H groups in total. The molecule has 0 aliphatic carbocycles. The number of hydrogen-bond donors (Lipinski definition) is 1. The predicted octanol–water partition coefficient (Wildman–Crippen LogP) is 2.46. The van der Waals surface area contributed by atoms with Gasteiger partial charge >= 0.3 is 0 Å². The molecule has 2 aliphatic rings. The van der Waals surface area contributed by atoms with E-state index in [1.807, 2.05) is 0 Å². The van der Waals surface area contributed by atoms with Crippen LogP contribution in [-0.2, 0) is 19.7 Å². The lowest BCUT2D eigenvalue weighted by atomic mass is 10.0. The SMILES string of the molecule is O=S1(=O)CCC(Nc2cccc3c2S(=O)(=O)C=C3CC(F)F)CC1. The van der Waals surface area contributed by atoms with E-state index in [0.717, 1.165) is 5.41 Å². The number of nitrogens with one attached hydrogen (secondary N) is 1. The van der Waals surface area contributed by atoms with Crippen LogP contribution in [0, 0.1) is 0 Å². The number of hydrogen-bond acceptors (Lipinski definition) is 5. The molecule has 2 aliphatic heterocycles. The third kappa shape index (κ3) is 3.46. The summed E-state index contributed by atoms with van der Waals surface area (Å²) in [7, 11) is -6.80. The normalized spacial score (nSPS) is 22.2. The topological polar surface area (TPSA) is 80.3 Å². The Bertz CT molecular complexity index is 878. The summed E-state index contributed by atoms with van der Waals surface area (Å²) in [6.45, 7) is 0. The maximum atomic E-state index is 12.7. The first-order valence-electron chi connectivity index (χ1n) is 7.52. The van der Waals surface area contributed by atoms with Crippen LogP contribution in [0.4, 0.5) is 14.5 Å². The minimum atomic E-state index is -3.78. The van der Waals surface area contributed by atoms with Gasteiger partial charge in [0.15, 0.2) is 0 Å². The molecule has 1 fully saturated rings. The number of alkyl halides is 2. The molecule has 0 atom stereocenters. The van der Waals surface area contributed by atoms with E-state index in [-0.39, 0.29) is 28.0 Å². The second kappa shape index (κ2) is 6.11. The van der Waals surface area contributed by atoms with Crippen LogP contribution in [-0.4, -0.2) is 40.8 Å². The van der Waals surface area contributed by atoms with E-state index in [1.54, 1.807) is 12.1 Å². The van der Waals surface area contributed by atoms with E-state index < -0.39 is 32.5 Å². The molecule has 1 aromatic rings. The highest BCUT2D eigenvalue weighted by Crippen LogP contribution is 2.41. The highest BCUT2D eigenvalue weighted by atomic mass is 32.2. The second-order valence-electron chi connectivity index (χ2n) is 6.04. The fourth-order valence-electron chi connectivity index (χ4n) is 3.10. The van der Waals surface area contributed by atoms with Gasteiger partial charge in [0.1, 0.15) is 14.7 Å². The number of anilines is 1. The fourth-order valence-corrected chi connectivity index (χ4v) is 6.24. The second-order valence-corrected chi connectivity index (χ2v) is 10.1. The molecule has 0 aromatic heterocycles. The molecule has 0 amide bonds. The van der Waals surface area contributed by atoms with Crippen molar-refractivity contribution in [2.75, 3.05) is 16.8 Å². The summed E-state index contributed by atoms with van der Waals surface area (Å²) < 4.78 is 73.0. The molecule has 0 saturated carbocycles. The first kappa shape index (κ1) is 17.3. The van der Waals surface area contributed by atoms with Crippen LogP contribution in [0.1, 0.15) is 24.8 Å². The fraction of sp³-hybridized carbons (Fsp3) is 0.467. The third-order valence-electron chi connectivity index (χ3n) is 4.23. The van der Waals surface area contributed by atoms with E-state index >= 15 is 0 Å². The number of fused-ring (bicyclic) bond motifs is 1. The summed E-state index contributed by atoms with van der Waals surface area (Å²) in [6, 6.07) is 4.55. The largest absolute Gasteiger partial charge is 0.381 e. The summed E-state index contributed by atoms with van der Waals surface area (Å²) in [6.07, 6.45) is -2.46. The van der Waals surface area contributed by atoms with Crippen LogP contribution in [0.2, 0.25) is 0 Å². The van der Waals surface area contributed by atoms with Crippen LogP contribution in [0.3, 0.4) is 0 Å². The summed E-state index contributed by atoms with van der Waals surface area (Å²) in [4.78, 5) is 0.00841. The first-order chi connectivity index (χ1) is 11.2. The molecule has 1 saturated heterocycles. The highest BCUT2D eigenvalue weighted by Gasteiger charge is 2.32. The van der Waals surface area contributed by atoms with E-state index in [9.17, 15) is 25.6 Å². The van der Waals surface area contributed by atoms with E-state index in [1.165, 1.54) is 6.07 Å². The first-order valence-corrected chi connectivity index (χ1v) is 10.9. The summed E-state index contributed by atoms with van der Waals surface area (Å²) in [5.74, 6) is 0.114. The van der Waals surface area contributed by atoms with Crippen molar-refractivity contribution in [1.29, 1.82) is 0 Å². The summed E-state index contributed by atoms with van der Waals surface area (Å²) in [5, 5.41) is 3.99. The molecule has 0 radical (unpaired) electrons.